The smallest absolute Gasteiger partial charge is 0.258 e. The highest BCUT2D eigenvalue weighted by Crippen LogP contribution is 2.25. The molecule has 2 heterocycles. The van der Waals surface area contributed by atoms with E-state index in [1.54, 1.807) is 36.8 Å². The van der Waals surface area contributed by atoms with Gasteiger partial charge in [-0.2, -0.15) is 11.8 Å². The van der Waals surface area contributed by atoms with Crippen molar-refractivity contribution in [2.45, 2.75) is 57.0 Å². The molecule has 1 fully saturated rings. The number of fused-ring (bicyclic) bond motifs is 1. The van der Waals surface area contributed by atoms with Crippen molar-refractivity contribution in [1.29, 1.82) is 0 Å². The number of aliphatic hydroxyl groups is 1. The molecule has 4 amide bonds. The number of hydrogen-bond donors (Lipinski definition) is 4. The van der Waals surface area contributed by atoms with Crippen LogP contribution >= 0.6 is 23.5 Å². The molecule has 4 rings (SSSR count). The lowest BCUT2D eigenvalue weighted by Gasteiger charge is -2.32. The predicted octanol–water partition coefficient (Wildman–Crippen LogP) is 2.37. The Morgan fingerprint density at radius 2 is 1.85 bits per heavy atom. The van der Waals surface area contributed by atoms with Gasteiger partial charge in [0, 0.05) is 40.2 Å². The third-order valence-corrected chi connectivity index (χ3v) is 8.89. The third-order valence-electron chi connectivity index (χ3n) is 7.21. The van der Waals surface area contributed by atoms with Gasteiger partial charge in [-0.05, 0) is 51.1 Å². The summed E-state index contributed by atoms with van der Waals surface area (Å²) in [5.41, 5.74) is 0.303. The maximum Gasteiger partial charge on any atom is 0.258 e. The van der Waals surface area contributed by atoms with Crippen LogP contribution in [0.4, 0.5) is 0 Å². The van der Waals surface area contributed by atoms with Crippen LogP contribution in [0, 0.1) is 0 Å². The largest absolute Gasteiger partial charge is 0.483 e. The zero-order chi connectivity index (χ0) is 33.3. The quantitative estimate of drug-likeness (QED) is 0.216. The number of hydrogen-bond acceptors (Lipinski definition) is 9. The Morgan fingerprint density at radius 1 is 1.09 bits per heavy atom. The number of nitrogens with zero attached hydrogens (tertiary/aromatic N) is 2. The molecular weight excluding hydrogens is 627 g/mol. The van der Waals surface area contributed by atoms with E-state index in [-0.39, 0.29) is 30.6 Å². The fraction of sp³-hybridized carbons (Fsp3) is 0.424. The van der Waals surface area contributed by atoms with Gasteiger partial charge in [0.1, 0.15) is 17.8 Å². The van der Waals surface area contributed by atoms with Gasteiger partial charge >= 0.3 is 0 Å². The van der Waals surface area contributed by atoms with Gasteiger partial charge in [0.15, 0.2) is 12.7 Å². The van der Waals surface area contributed by atoms with Crippen LogP contribution in [0.15, 0.2) is 67.0 Å². The topological polar surface area (TPSA) is 150 Å². The predicted molar refractivity (Wildman–Crippen MR) is 181 cm³/mol. The molecule has 13 heteroatoms. The van der Waals surface area contributed by atoms with Crippen LogP contribution in [0.1, 0.15) is 26.3 Å². The average Bonchev–Trinajstić information content (AvgIpc) is 3.53. The van der Waals surface area contributed by atoms with Crippen LogP contribution in [-0.4, -0.2) is 98.6 Å². The Hall–Kier alpha value is -3.81. The Kier molecular flexibility index (Phi) is 12.3. The number of nitrogens with one attached hydrogen (secondary N) is 3. The minimum Gasteiger partial charge on any atom is -0.483 e. The molecule has 0 spiro atoms. The summed E-state index contributed by atoms with van der Waals surface area (Å²) in [5, 5.41) is 21.5. The first-order valence-corrected chi connectivity index (χ1v) is 17.5. The summed E-state index contributed by atoms with van der Waals surface area (Å²) in [6.07, 6.45) is 3.67. The lowest BCUT2D eigenvalue weighted by molar-refractivity contribution is -0.147. The van der Waals surface area contributed by atoms with Gasteiger partial charge in [0.25, 0.3) is 11.8 Å². The van der Waals surface area contributed by atoms with E-state index in [0.717, 1.165) is 16.3 Å². The van der Waals surface area contributed by atoms with Crippen molar-refractivity contribution in [2.75, 3.05) is 30.2 Å². The Balaban J connectivity index is 1.46. The van der Waals surface area contributed by atoms with E-state index in [1.807, 2.05) is 57.2 Å². The van der Waals surface area contributed by atoms with E-state index in [2.05, 4.69) is 20.9 Å². The summed E-state index contributed by atoms with van der Waals surface area (Å²) in [6, 6.07) is 13.7. The molecule has 0 saturated carbocycles. The molecule has 1 aliphatic rings. The Labute approximate surface area is 277 Å². The highest BCUT2D eigenvalue weighted by atomic mass is 32.2. The summed E-state index contributed by atoms with van der Waals surface area (Å²) in [6.45, 7) is 5.25. The lowest BCUT2D eigenvalue weighted by atomic mass is 9.99. The van der Waals surface area contributed by atoms with Crippen LogP contribution in [0.2, 0.25) is 0 Å². The fourth-order valence-corrected chi connectivity index (χ4v) is 6.74. The van der Waals surface area contributed by atoms with E-state index in [4.69, 9.17) is 4.74 Å². The van der Waals surface area contributed by atoms with Crippen LogP contribution in [0.5, 0.6) is 5.75 Å². The molecule has 2 aromatic carbocycles. The second-order valence-corrected chi connectivity index (χ2v) is 13.9. The first kappa shape index (κ1) is 35.1. The van der Waals surface area contributed by atoms with Crippen molar-refractivity contribution in [2.24, 2.45) is 0 Å². The van der Waals surface area contributed by atoms with Crippen molar-refractivity contribution < 1.29 is 29.0 Å². The zero-order valence-electron chi connectivity index (χ0n) is 26.4. The summed E-state index contributed by atoms with van der Waals surface area (Å²) >= 11 is 2.78. The molecule has 246 valence electrons. The van der Waals surface area contributed by atoms with Gasteiger partial charge in [-0.1, -0.05) is 42.5 Å². The van der Waals surface area contributed by atoms with E-state index in [9.17, 15) is 24.3 Å². The lowest BCUT2D eigenvalue weighted by Crippen LogP contribution is -2.59. The molecule has 11 nitrogen and oxygen atoms in total. The first-order chi connectivity index (χ1) is 22.0. The number of aliphatic hydroxyl groups excluding tert-OH is 1. The standard InChI is InChI=1S/C33H41N5O6S2/c1-33(2,3)37-31(42)26-19-46-20-38(26)32(43)29(40)24(15-21-9-6-5-7-10-21)36-30(41)25(18-45-4)35-28(39)17-44-27-12-8-11-22-16-34-14-13-23(22)27/h5-14,16,24-26,29,40H,15,17-20H2,1-4H3,(H,35,39)(H,36,41)(H,37,42)/t24-,25-,26?,29-/m0/s1. The number of carbonyl (C=O) groups excluding carboxylic acids is 4. The fourth-order valence-electron chi connectivity index (χ4n) is 5.01. The minimum atomic E-state index is -1.64. The van der Waals surface area contributed by atoms with Gasteiger partial charge in [-0.3, -0.25) is 24.2 Å². The molecule has 1 aromatic heterocycles. The summed E-state index contributed by atoms with van der Waals surface area (Å²) in [7, 11) is 0. The number of ether oxygens (including phenoxy) is 1. The molecule has 1 saturated heterocycles. The molecule has 4 atom stereocenters. The Morgan fingerprint density at radius 3 is 2.57 bits per heavy atom. The molecule has 0 radical (unpaired) electrons. The van der Waals surface area contributed by atoms with E-state index >= 15 is 0 Å². The number of thioether (sulfide) groups is 2. The van der Waals surface area contributed by atoms with Gasteiger partial charge in [-0.25, -0.2) is 0 Å². The SMILES string of the molecule is CSC[C@H](NC(=O)COc1cccc2cnccc12)C(=O)N[C@@H](Cc1ccccc1)[C@H](O)C(=O)N1CSCC1C(=O)NC(C)(C)C. The van der Waals surface area contributed by atoms with Gasteiger partial charge in [0.2, 0.25) is 11.8 Å². The second kappa shape index (κ2) is 16.1. The molecule has 46 heavy (non-hydrogen) atoms. The minimum absolute atomic E-state index is 0.151. The highest BCUT2D eigenvalue weighted by Gasteiger charge is 2.41. The summed E-state index contributed by atoms with van der Waals surface area (Å²) in [4.78, 5) is 58.7. The summed E-state index contributed by atoms with van der Waals surface area (Å²) < 4.78 is 5.78. The van der Waals surface area contributed by atoms with Crippen molar-refractivity contribution in [3.8, 4) is 5.75 Å². The summed E-state index contributed by atoms with van der Waals surface area (Å²) in [5.74, 6) is -0.602. The monoisotopic (exact) mass is 667 g/mol. The molecule has 3 aromatic rings. The maximum atomic E-state index is 13.7. The van der Waals surface area contributed by atoms with Crippen molar-refractivity contribution in [3.05, 3.63) is 72.6 Å². The van der Waals surface area contributed by atoms with Crippen LogP contribution in [-0.2, 0) is 25.6 Å². The van der Waals surface area contributed by atoms with Crippen molar-refractivity contribution >= 4 is 57.9 Å². The number of benzene rings is 2. The van der Waals surface area contributed by atoms with Gasteiger partial charge in [0.05, 0.1) is 11.9 Å². The number of rotatable bonds is 13. The van der Waals surface area contributed by atoms with E-state index in [0.29, 0.717) is 11.5 Å². The first-order valence-electron chi connectivity index (χ1n) is 14.9. The van der Waals surface area contributed by atoms with Crippen LogP contribution in [0.25, 0.3) is 10.8 Å². The third kappa shape index (κ3) is 9.60. The number of carbonyl (C=O) groups is 4. The van der Waals surface area contributed by atoms with Gasteiger partial charge in [-0.15, -0.1) is 11.8 Å². The number of aromatic nitrogens is 1. The Bertz CT molecular complexity index is 1510. The molecule has 4 N–H and O–H groups in total. The normalized spacial score (nSPS) is 16.7. The van der Waals surface area contributed by atoms with Crippen molar-refractivity contribution in [1.82, 2.24) is 25.8 Å². The average molecular weight is 668 g/mol. The van der Waals surface area contributed by atoms with Gasteiger partial charge < -0.3 is 30.7 Å². The molecule has 0 bridgehead atoms. The molecular formula is C33H41N5O6S2. The number of amides is 4. The second-order valence-electron chi connectivity index (χ2n) is 12.0. The highest BCUT2D eigenvalue weighted by molar-refractivity contribution is 7.99. The zero-order valence-corrected chi connectivity index (χ0v) is 28.0. The van der Waals surface area contributed by atoms with E-state index in [1.165, 1.54) is 28.4 Å². The molecule has 0 aliphatic carbocycles. The van der Waals surface area contributed by atoms with E-state index < -0.39 is 47.5 Å². The number of pyridine rings is 1. The maximum absolute atomic E-state index is 13.7. The van der Waals surface area contributed by atoms with Crippen LogP contribution < -0.4 is 20.7 Å². The molecule has 1 aliphatic heterocycles. The van der Waals surface area contributed by atoms with Crippen LogP contribution in [0.3, 0.4) is 0 Å². The molecule has 1 unspecified atom stereocenters. The van der Waals surface area contributed by atoms with Crippen molar-refractivity contribution in [3.63, 3.8) is 0 Å².